The van der Waals surface area contributed by atoms with Crippen molar-refractivity contribution >= 4 is 11.9 Å². The van der Waals surface area contributed by atoms with E-state index in [1.165, 1.54) is 4.90 Å². The number of amides is 3. The van der Waals surface area contributed by atoms with Crippen LogP contribution in [0.25, 0.3) is 0 Å². The van der Waals surface area contributed by atoms with E-state index in [9.17, 15) is 9.59 Å². The molecular weight excluding hydrogens is 256 g/mol. The summed E-state index contributed by atoms with van der Waals surface area (Å²) in [6, 6.07) is 8.85. The zero-order valence-corrected chi connectivity index (χ0v) is 11.9. The lowest BCUT2D eigenvalue weighted by atomic mass is 10.1. The second-order valence-electron chi connectivity index (χ2n) is 4.71. The number of hydrogen-bond acceptors (Lipinski definition) is 3. The van der Waals surface area contributed by atoms with Crippen molar-refractivity contribution in [3.63, 3.8) is 0 Å². The molecular formula is C14H22N4O2. The summed E-state index contributed by atoms with van der Waals surface area (Å²) in [6.45, 7) is 0.738. The summed E-state index contributed by atoms with van der Waals surface area (Å²) in [5.41, 5.74) is 6.86. The van der Waals surface area contributed by atoms with Gasteiger partial charge in [0, 0.05) is 27.2 Å². The van der Waals surface area contributed by atoms with Gasteiger partial charge < -0.3 is 21.3 Å². The van der Waals surface area contributed by atoms with Crippen LogP contribution in [-0.4, -0.2) is 50.1 Å². The third kappa shape index (κ3) is 5.71. The van der Waals surface area contributed by atoms with Gasteiger partial charge in [0.1, 0.15) is 0 Å². The minimum absolute atomic E-state index is 0.187. The van der Waals surface area contributed by atoms with Crippen molar-refractivity contribution in [3.05, 3.63) is 35.9 Å². The molecule has 110 valence electrons. The first-order valence-corrected chi connectivity index (χ1v) is 6.53. The molecule has 4 N–H and O–H groups in total. The summed E-state index contributed by atoms with van der Waals surface area (Å²) in [6.07, 6.45) is 0.497. The van der Waals surface area contributed by atoms with E-state index in [1.54, 1.807) is 14.1 Å². The van der Waals surface area contributed by atoms with Crippen LogP contribution in [0.3, 0.4) is 0 Å². The van der Waals surface area contributed by atoms with Gasteiger partial charge in [-0.2, -0.15) is 0 Å². The Morgan fingerprint density at radius 2 is 1.75 bits per heavy atom. The summed E-state index contributed by atoms with van der Waals surface area (Å²) in [5, 5.41) is 5.36. The maximum absolute atomic E-state index is 11.8. The quantitative estimate of drug-likeness (QED) is 0.637. The Labute approximate surface area is 119 Å². The van der Waals surface area contributed by atoms with Gasteiger partial charge in [-0.05, 0) is 12.0 Å². The van der Waals surface area contributed by atoms with Crippen LogP contribution in [0.1, 0.15) is 5.56 Å². The summed E-state index contributed by atoms with van der Waals surface area (Å²) in [5.74, 6) is -0.215. The molecule has 6 heteroatoms. The van der Waals surface area contributed by atoms with Crippen LogP contribution in [0.2, 0.25) is 0 Å². The number of rotatable bonds is 6. The number of benzene rings is 1. The molecule has 0 bridgehead atoms. The van der Waals surface area contributed by atoms with E-state index in [0.29, 0.717) is 19.5 Å². The van der Waals surface area contributed by atoms with Crippen molar-refractivity contribution in [3.8, 4) is 0 Å². The molecule has 1 aromatic carbocycles. The molecule has 0 saturated heterocycles. The monoisotopic (exact) mass is 278 g/mol. The van der Waals surface area contributed by atoms with Crippen molar-refractivity contribution in [1.82, 2.24) is 15.5 Å². The average Bonchev–Trinajstić information content (AvgIpc) is 2.43. The Bertz CT molecular complexity index is 434. The predicted octanol–water partition coefficient (Wildman–Crippen LogP) is -0.0562. The molecule has 0 aliphatic heterocycles. The number of carbonyl (C=O) groups excluding carboxylic acids is 2. The zero-order valence-electron chi connectivity index (χ0n) is 11.9. The first-order chi connectivity index (χ1) is 9.50. The normalized spacial score (nSPS) is 11.6. The van der Waals surface area contributed by atoms with E-state index in [4.69, 9.17) is 5.73 Å². The molecule has 1 atom stereocenters. The molecule has 0 spiro atoms. The van der Waals surface area contributed by atoms with Crippen molar-refractivity contribution in [2.45, 2.75) is 12.5 Å². The largest absolute Gasteiger partial charge is 0.353 e. The van der Waals surface area contributed by atoms with Gasteiger partial charge in [-0.15, -0.1) is 0 Å². The first kappa shape index (κ1) is 16.0. The Morgan fingerprint density at radius 1 is 1.15 bits per heavy atom. The fraction of sp³-hybridized carbons (Fsp3) is 0.429. The average molecular weight is 278 g/mol. The van der Waals surface area contributed by atoms with Gasteiger partial charge in [0.15, 0.2) is 0 Å². The van der Waals surface area contributed by atoms with E-state index in [2.05, 4.69) is 10.6 Å². The molecule has 1 rings (SSSR count). The number of nitrogens with one attached hydrogen (secondary N) is 2. The minimum Gasteiger partial charge on any atom is -0.353 e. The Kier molecular flexibility index (Phi) is 6.52. The van der Waals surface area contributed by atoms with Crippen LogP contribution in [0, 0.1) is 0 Å². The van der Waals surface area contributed by atoms with Crippen LogP contribution < -0.4 is 16.4 Å². The SMILES string of the molecule is CN(C)C(=O)NCCNC(=O)[C@H](N)Cc1ccccc1. The molecule has 3 amide bonds. The Morgan fingerprint density at radius 3 is 2.35 bits per heavy atom. The van der Waals surface area contributed by atoms with Gasteiger partial charge in [-0.1, -0.05) is 30.3 Å². The van der Waals surface area contributed by atoms with Gasteiger partial charge in [0.2, 0.25) is 5.91 Å². The molecule has 0 aliphatic rings. The maximum Gasteiger partial charge on any atom is 0.316 e. The maximum atomic E-state index is 11.8. The molecule has 6 nitrogen and oxygen atoms in total. The van der Waals surface area contributed by atoms with Crippen LogP contribution >= 0.6 is 0 Å². The molecule has 0 unspecified atom stereocenters. The van der Waals surface area contributed by atoms with Crippen molar-refractivity contribution < 1.29 is 9.59 Å². The zero-order chi connectivity index (χ0) is 15.0. The van der Waals surface area contributed by atoms with Gasteiger partial charge in [0.25, 0.3) is 0 Å². The van der Waals surface area contributed by atoms with Gasteiger partial charge in [0.05, 0.1) is 6.04 Å². The number of nitrogens with two attached hydrogens (primary N) is 1. The standard InChI is InChI=1S/C14H22N4O2/c1-18(2)14(20)17-9-8-16-13(19)12(15)10-11-6-4-3-5-7-11/h3-7,12H,8-10,15H2,1-2H3,(H,16,19)(H,17,20)/t12-/m1/s1. The van der Waals surface area contributed by atoms with E-state index in [1.807, 2.05) is 30.3 Å². The number of urea groups is 1. The second-order valence-corrected chi connectivity index (χ2v) is 4.71. The lowest BCUT2D eigenvalue weighted by Gasteiger charge is -2.14. The second kappa shape index (κ2) is 8.16. The van der Waals surface area contributed by atoms with Gasteiger partial charge in [-0.25, -0.2) is 4.79 Å². The molecule has 0 saturated carbocycles. The molecule has 0 aliphatic carbocycles. The third-order valence-electron chi connectivity index (χ3n) is 2.74. The predicted molar refractivity (Wildman–Crippen MR) is 78.2 cm³/mol. The highest BCUT2D eigenvalue weighted by Gasteiger charge is 2.13. The molecule has 0 fully saturated rings. The number of hydrogen-bond donors (Lipinski definition) is 3. The Hall–Kier alpha value is -2.08. The smallest absolute Gasteiger partial charge is 0.316 e. The lowest BCUT2D eigenvalue weighted by molar-refractivity contribution is -0.122. The van der Waals surface area contributed by atoms with E-state index >= 15 is 0 Å². The number of nitrogens with zero attached hydrogens (tertiary/aromatic N) is 1. The Balaban J connectivity index is 2.24. The fourth-order valence-corrected chi connectivity index (χ4v) is 1.61. The number of carbonyl (C=O) groups is 2. The van der Waals surface area contributed by atoms with Crippen molar-refractivity contribution in [2.24, 2.45) is 5.73 Å². The molecule has 20 heavy (non-hydrogen) atoms. The van der Waals surface area contributed by atoms with E-state index < -0.39 is 6.04 Å². The minimum atomic E-state index is -0.582. The topological polar surface area (TPSA) is 87.5 Å². The van der Waals surface area contributed by atoms with E-state index in [-0.39, 0.29) is 11.9 Å². The summed E-state index contributed by atoms with van der Waals surface area (Å²) >= 11 is 0. The molecule has 0 radical (unpaired) electrons. The third-order valence-corrected chi connectivity index (χ3v) is 2.74. The van der Waals surface area contributed by atoms with Crippen molar-refractivity contribution in [1.29, 1.82) is 0 Å². The fourth-order valence-electron chi connectivity index (χ4n) is 1.61. The lowest BCUT2D eigenvalue weighted by Crippen LogP contribution is -2.45. The first-order valence-electron chi connectivity index (χ1n) is 6.53. The summed E-state index contributed by atoms with van der Waals surface area (Å²) < 4.78 is 0. The molecule has 0 heterocycles. The highest BCUT2D eigenvalue weighted by Crippen LogP contribution is 2.01. The van der Waals surface area contributed by atoms with Gasteiger partial charge in [-0.3, -0.25) is 4.79 Å². The highest BCUT2D eigenvalue weighted by molar-refractivity contribution is 5.81. The molecule has 1 aromatic rings. The molecule has 0 aromatic heterocycles. The summed E-state index contributed by atoms with van der Waals surface area (Å²) in [4.78, 5) is 24.4. The highest BCUT2D eigenvalue weighted by atomic mass is 16.2. The van der Waals surface area contributed by atoms with Crippen LogP contribution in [0.15, 0.2) is 30.3 Å². The van der Waals surface area contributed by atoms with Crippen LogP contribution in [0.4, 0.5) is 4.79 Å². The van der Waals surface area contributed by atoms with Crippen molar-refractivity contribution in [2.75, 3.05) is 27.2 Å². The van der Waals surface area contributed by atoms with Crippen LogP contribution in [-0.2, 0) is 11.2 Å². The summed E-state index contributed by atoms with van der Waals surface area (Å²) in [7, 11) is 3.31. The van der Waals surface area contributed by atoms with Crippen LogP contribution in [0.5, 0.6) is 0 Å². The van der Waals surface area contributed by atoms with Gasteiger partial charge >= 0.3 is 6.03 Å². The van der Waals surface area contributed by atoms with E-state index in [0.717, 1.165) is 5.56 Å².